The minimum absolute atomic E-state index is 0.0711. The van der Waals surface area contributed by atoms with E-state index in [-0.39, 0.29) is 33.9 Å². The van der Waals surface area contributed by atoms with E-state index in [1.165, 1.54) is 37.3 Å². The van der Waals surface area contributed by atoms with Gasteiger partial charge in [-0.1, -0.05) is 19.2 Å². The molecular formula is C22H17F4NO3. The molecule has 2 aromatic rings. The Labute approximate surface area is 170 Å². The molecule has 0 saturated heterocycles. The largest absolute Gasteiger partial charge is 0.586 e. The normalized spacial score (nSPS) is 14.7. The van der Waals surface area contributed by atoms with Gasteiger partial charge in [-0.3, -0.25) is 4.79 Å². The summed E-state index contributed by atoms with van der Waals surface area (Å²) in [5.41, 5.74) is 0.922. The zero-order valence-corrected chi connectivity index (χ0v) is 16.1. The summed E-state index contributed by atoms with van der Waals surface area (Å²) < 4.78 is 63.7. The van der Waals surface area contributed by atoms with Crippen LogP contribution in [-0.4, -0.2) is 12.2 Å². The Morgan fingerprint density at radius 3 is 2.33 bits per heavy atom. The maximum atomic E-state index is 14.8. The van der Waals surface area contributed by atoms with Crippen LogP contribution >= 0.6 is 0 Å². The number of alkyl halides is 2. The molecule has 0 saturated carbocycles. The van der Waals surface area contributed by atoms with E-state index in [1.807, 2.05) is 0 Å². The molecule has 0 aliphatic carbocycles. The lowest BCUT2D eigenvalue weighted by atomic mass is 9.99. The third-order valence-electron chi connectivity index (χ3n) is 4.46. The summed E-state index contributed by atoms with van der Waals surface area (Å²) in [6.45, 7) is 9.70. The summed E-state index contributed by atoms with van der Waals surface area (Å²) in [5.74, 6) is -2.85. The summed E-state index contributed by atoms with van der Waals surface area (Å²) in [6.07, 6.45) is -2.48. The molecule has 0 fully saturated rings. The van der Waals surface area contributed by atoms with Crippen molar-refractivity contribution in [1.29, 1.82) is 0 Å². The van der Waals surface area contributed by atoms with Crippen LogP contribution in [0.5, 0.6) is 11.5 Å². The van der Waals surface area contributed by atoms with Crippen molar-refractivity contribution in [3.63, 3.8) is 0 Å². The monoisotopic (exact) mass is 419 g/mol. The summed E-state index contributed by atoms with van der Waals surface area (Å²) in [4.78, 5) is 12.3. The molecule has 0 bridgehead atoms. The lowest BCUT2D eigenvalue weighted by molar-refractivity contribution is -0.286. The molecule has 1 heterocycles. The third kappa shape index (κ3) is 4.07. The van der Waals surface area contributed by atoms with Crippen molar-refractivity contribution in [3.8, 4) is 22.6 Å². The maximum Gasteiger partial charge on any atom is 0.586 e. The molecule has 1 aliphatic rings. The topological polar surface area (TPSA) is 47.6 Å². The highest BCUT2D eigenvalue weighted by atomic mass is 19.3. The minimum Gasteiger partial charge on any atom is -0.395 e. The van der Waals surface area contributed by atoms with Crippen molar-refractivity contribution >= 4 is 11.6 Å². The standard InChI is InChI=1S/C22H17F4NO3/c1-5-11(2)20(13(4)23)21(28)27-14-6-7-15(17(24)9-14)16-10-19-18(8-12(16)3)29-22(25,26)30-19/h5-10H,1,4H2,2-3H3,(H,27,28)/b20-11+. The minimum atomic E-state index is -3.78. The van der Waals surface area contributed by atoms with E-state index in [9.17, 15) is 22.4 Å². The van der Waals surface area contributed by atoms with Crippen LogP contribution in [0, 0.1) is 12.7 Å². The zero-order valence-electron chi connectivity index (χ0n) is 16.1. The lowest BCUT2D eigenvalue weighted by Crippen LogP contribution is -2.25. The van der Waals surface area contributed by atoms with Gasteiger partial charge in [0.15, 0.2) is 11.5 Å². The first kappa shape index (κ1) is 21.2. The van der Waals surface area contributed by atoms with Crippen LogP contribution in [0.3, 0.4) is 0 Å². The smallest absolute Gasteiger partial charge is 0.395 e. The van der Waals surface area contributed by atoms with Crippen LogP contribution in [0.15, 0.2) is 66.5 Å². The molecule has 2 aromatic carbocycles. The van der Waals surface area contributed by atoms with Crippen LogP contribution in [0.4, 0.5) is 23.2 Å². The fourth-order valence-corrected chi connectivity index (χ4v) is 3.01. The van der Waals surface area contributed by atoms with Crippen molar-refractivity contribution in [2.24, 2.45) is 0 Å². The van der Waals surface area contributed by atoms with Gasteiger partial charge in [0.1, 0.15) is 11.6 Å². The van der Waals surface area contributed by atoms with Crippen LogP contribution < -0.4 is 14.8 Å². The van der Waals surface area contributed by atoms with Crippen LogP contribution in [0.25, 0.3) is 11.1 Å². The number of carbonyl (C=O) groups excluding carboxylic acids is 1. The van der Waals surface area contributed by atoms with E-state index in [2.05, 4.69) is 27.9 Å². The second kappa shape index (κ2) is 7.70. The Hall–Kier alpha value is -3.55. The number of carbonyl (C=O) groups is 1. The second-order valence-electron chi connectivity index (χ2n) is 6.60. The summed E-state index contributed by atoms with van der Waals surface area (Å²) >= 11 is 0. The summed E-state index contributed by atoms with van der Waals surface area (Å²) in [5, 5.41) is 2.40. The van der Waals surface area contributed by atoms with Gasteiger partial charge in [0, 0.05) is 11.3 Å². The third-order valence-corrected chi connectivity index (χ3v) is 4.46. The summed E-state index contributed by atoms with van der Waals surface area (Å²) in [6, 6.07) is 6.37. The molecule has 0 radical (unpaired) electrons. The van der Waals surface area contributed by atoms with Gasteiger partial charge in [-0.2, -0.15) is 0 Å². The average Bonchev–Trinajstić information content (AvgIpc) is 2.93. The molecule has 4 nitrogen and oxygen atoms in total. The molecule has 0 unspecified atom stereocenters. The Morgan fingerprint density at radius 1 is 1.13 bits per heavy atom. The predicted octanol–water partition coefficient (Wildman–Crippen LogP) is 6.05. The highest BCUT2D eigenvalue weighted by Crippen LogP contribution is 2.45. The molecule has 3 rings (SSSR count). The molecule has 1 aliphatic heterocycles. The highest BCUT2D eigenvalue weighted by Gasteiger charge is 2.43. The van der Waals surface area contributed by atoms with Gasteiger partial charge in [-0.25, -0.2) is 8.78 Å². The first-order valence-electron chi connectivity index (χ1n) is 8.72. The van der Waals surface area contributed by atoms with Gasteiger partial charge in [0.25, 0.3) is 5.91 Å². The van der Waals surface area contributed by atoms with Gasteiger partial charge in [-0.05, 0) is 60.9 Å². The van der Waals surface area contributed by atoms with Crippen LogP contribution in [0.2, 0.25) is 0 Å². The van der Waals surface area contributed by atoms with E-state index in [0.717, 1.165) is 6.07 Å². The number of hydrogen-bond donors (Lipinski definition) is 1. The molecule has 0 aromatic heterocycles. The van der Waals surface area contributed by atoms with E-state index < -0.39 is 23.8 Å². The van der Waals surface area contributed by atoms with Gasteiger partial charge in [0.2, 0.25) is 0 Å². The average molecular weight is 419 g/mol. The van der Waals surface area contributed by atoms with Gasteiger partial charge >= 0.3 is 6.29 Å². The molecule has 1 amide bonds. The SMILES string of the molecule is C=C/C(C)=C(\C(=C)F)C(=O)Nc1ccc(-c2cc3c(cc2C)OC(F)(F)O3)c(F)c1. The molecule has 0 spiro atoms. The number of fused-ring (bicyclic) bond motifs is 1. The molecule has 30 heavy (non-hydrogen) atoms. The first-order valence-corrected chi connectivity index (χ1v) is 8.72. The Bertz CT molecular complexity index is 1110. The zero-order chi connectivity index (χ0) is 22.2. The number of hydrogen-bond acceptors (Lipinski definition) is 3. The van der Waals surface area contributed by atoms with Gasteiger partial charge in [-0.15, -0.1) is 8.78 Å². The fourth-order valence-electron chi connectivity index (χ4n) is 3.01. The Morgan fingerprint density at radius 2 is 1.77 bits per heavy atom. The van der Waals surface area contributed by atoms with Crippen molar-refractivity contribution in [2.45, 2.75) is 20.1 Å². The van der Waals surface area contributed by atoms with Gasteiger partial charge < -0.3 is 14.8 Å². The number of rotatable bonds is 5. The van der Waals surface area contributed by atoms with Crippen molar-refractivity contribution < 1.29 is 31.8 Å². The quantitative estimate of drug-likeness (QED) is 0.365. The number of benzene rings is 2. The number of nitrogens with one attached hydrogen (secondary N) is 1. The molecular weight excluding hydrogens is 402 g/mol. The van der Waals surface area contributed by atoms with Crippen molar-refractivity contribution in [2.75, 3.05) is 5.32 Å². The van der Waals surface area contributed by atoms with Gasteiger partial charge in [0.05, 0.1) is 5.57 Å². The van der Waals surface area contributed by atoms with Crippen LogP contribution in [0.1, 0.15) is 12.5 Å². The number of halogens is 4. The Balaban J connectivity index is 1.91. The van der Waals surface area contributed by atoms with E-state index >= 15 is 0 Å². The molecule has 0 atom stereocenters. The van der Waals surface area contributed by atoms with Crippen LogP contribution in [-0.2, 0) is 4.79 Å². The second-order valence-corrected chi connectivity index (χ2v) is 6.60. The number of allylic oxidation sites excluding steroid dienone is 2. The maximum absolute atomic E-state index is 14.8. The molecule has 8 heteroatoms. The van der Waals surface area contributed by atoms with E-state index in [4.69, 9.17) is 0 Å². The number of ether oxygens (including phenoxy) is 2. The molecule has 156 valence electrons. The van der Waals surface area contributed by atoms with E-state index in [1.54, 1.807) is 6.92 Å². The Kier molecular flexibility index (Phi) is 5.43. The summed E-state index contributed by atoms with van der Waals surface area (Å²) in [7, 11) is 0. The lowest BCUT2D eigenvalue weighted by Gasteiger charge is -2.12. The highest BCUT2D eigenvalue weighted by molar-refractivity contribution is 6.07. The fraction of sp³-hybridized carbons (Fsp3) is 0.136. The van der Waals surface area contributed by atoms with Crippen molar-refractivity contribution in [3.05, 3.63) is 77.9 Å². The number of anilines is 1. The number of aryl methyl sites for hydroxylation is 1. The van der Waals surface area contributed by atoms with E-state index in [0.29, 0.717) is 11.1 Å². The first-order chi connectivity index (χ1) is 14.0. The predicted molar refractivity (Wildman–Crippen MR) is 105 cm³/mol. The molecule has 1 N–H and O–H groups in total. The number of amides is 1. The van der Waals surface area contributed by atoms with Crippen molar-refractivity contribution in [1.82, 2.24) is 0 Å².